The summed E-state index contributed by atoms with van der Waals surface area (Å²) in [4.78, 5) is 47.2. The van der Waals surface area contributed by atoms with Gasteiger partial charge < -0.3 is 5.32 Å². The SMILES string of the molecule is O=C(CN1OC2C(=O)N(Cc3ccccc3)C(=O)C2C1c1cccs1)NCCc1ccc(F)cc1. The number of carbonyl (C=O) groups excluding carboxylic acids is 3. The highest BCUT2D eigenvalue weighted by atomic mass is 32.1. The molecule has 180 valence electrons. The molecule has 2 aliphatic rings. The zero-order chi connectivity index (χ0) is 24.4. The third-order valence-electron chi connectivity index (χ3n) is 6.25. The monoisotopic (exact) mass is 493 g/mol. The lowest BCUT2D eigenvalue weighted by Crippen LogP contribution is -2.41. The Morgan fingerprint density at radius 2 is 1.74 bits per heavy atom. The van der Waals surface area contributed by atoms with Crippen LogP contribution < -0.4 is 5.32 Å². The van der Waals surface area contributed by atoms with Crippen LogP contribution in [-0.2, 0) is 32.2 Å². The van der Waals surface area contributed by atoms with Gasteiger partial charge in [-0.25, -0.2) is 4.39 Å². The molecule has 5 rings (SSSR count). The van der Waals surface area contributed by atoms with Crippen LogP contribution in [0.25, 0.3) is 0 Å². The molecule has 3 heterocycles. The zero-order valence-electron chi connectivity index (χ0n) is 18.8. The molecule has 3 amide bonds. The number of fused-ring (bicyclic) bond motifs is 1. The fourth-order valence-electron chi connectivity index (χ4n) is 4.56. The number of imide groups is 1. The Kier molecular flexibility index (Phi) is 6.72. The summed E-state index contributed by atoms with van der Waals surface area (Å²) in [6, 6.07) is 18.7. The second-order valence-corrected chi connectivity index (χ2v) is 9.54. The van der Waals surface area contributed by atoms with Gasteiger partial charge in [-0.1, -0.05) is 48.5 Å². The predicted octanol–water partition coefficient (Wildman–Crippen LogP) is 3.09. The van der Waals surface area contributed by atoms with E-state index in [1.165, 1.54) is 33.4 Å². The van der Waals surface area contributed by atoms with Gasteiger partial charge in [-0.3, -0.25) is 24.1 Å². The Balaban J connectivity index is 1.26. The molecule has 0 bridgehead atoms. The van der Waals surface area contributed by atoms with Crippen molar-refractivity contribution in [3.63, 3.8) is 0 Å². The van der Waals surface area contributed by atoms with Crippen molar-refractivity contribution in [3.05, 3.63) is 93.9 Å². The first-order chi connectivity index (χ1) is 17.0. The first-order valence-corrected chi connectivity index (χ1v) is 12.3. The van der Waals surface area contributed by atoms with E-state index < -0.39 is 18.1 Å². The van der Waals surface area contributed by atoms with Gasteiger partial charge in [0.1, 0.15) is 12.4 Å². The van der Waals surface area contributed by atoms with Gasteiger partial charge in [-0.2, -0.15) is 5.06 Å². The normalized spacial score (nSPS) is 22.0. The number of carbonyl (C=O) groups is 3. The van der Waals surface area contributed by atoms with Gasteiger partial charge in [-0.15, -0.1) is 11.3 Å². The lowest BCUT2D eigenvalue weighted by Gasteiger charge is -2.25. The minimum atomic E-state index is -0.953. The van der Waals surface area contributed by atoms with Gasteiger partial charge in [0.25, 0.3) is 5.91 Å². The van der Waals surface area contributed by atoms with Gasteiger partial charge in [0.15, 0.2) is 6.10 Å². The van der Waals surface area contributed by atoms with E-state index in [0.717, 1.165) is 16.0 Å². The van der Waals surface area contributed by atoms with Crippen LogP contribution in [0.5, 0.6) is 0 Å². The number of hydroxylamine groups is 2. The standard InChI is InChI=1S/C26H24FN3O4S/c27-19-10-8-17(9-11-19)12-13-28-21(31)16-30-23(20-7-4-14-35-20)22-24(34-30)26(33)29(25(22)32)15-18-5-2-1-3-6-18/h1-11,14,22-24H,12-13,15-16H2,(H,28,31). The van der Waals surface area contributed by atoms with Crippen molar-refractivity contribution in [1.29, 1.82) is 0 Å². The zero-order valence-corrected chi connectivity index (χ0v) is 19.6. The van der Waals surface area contributed by atoms with E-state index in [0.29, 0.717) is 13.0 Å². The highest BCUT2D eigenvalue weighted by Gasteiger charge is 2.59. The van der Waals surface area contributed by atoms with Crippen LogP contribution >= 0.6 is 11.3 Å². The van der Waals surface area contributed by atoms with E-state index in [4.69, 9.17) is 4.84 Å². The molecule has 0 saturated carbocycles. The van der Waals surface area contributed by atoms with Gasteiger partial charge in [0.05, 0.1) is 18.5 Å². The second kappa shape index (κ2) is 10.1. The molecule has 3 aromatic rings. The molecule has 0 aliphatic carbocycles. The third kappa shape index (κ3) is 4.88. The van der Waals surface area contributed by atoms with E-state index in [1.807, 2.05) is 47.8 Å². The molecule has 1 N–H and O–H groups in total. The number of benzene rings is 2. The van der Waals surface area contributed by atoms with E-state index in [2.05, 4.69) is 5.32 Å². The number of thiophene rings is 1. The third-order valence-corrected chi connectivity index (χ3v) is 7.20. The van der Waals surface area contributed by atoms with Crippen LogP contribution in [0.15, 0.2) is 72.1 Å². The molecule has 0 spiro atoms. The summed E-state index contributed by atoms with van der Waals surface area (Å²) >= 11 is 1.46. The van der Waals surface area contributed by atoms with E-state index in [1.54, 1.807) is 12.1 Å². The average molecular weight is 494 g/mol. The second-order valence-electron chi connectivity index (χ2n) is 8.56. The van der Waals surface area contributed by atoms with E-state index >= 15 is 0 Å². The molecule has 3 unspecified atom stereocenters. The molecular formula is C26H24FN3O4S. The first-order valence-electron chi connectivity index (χ1n) is 11.4. The molecule has 2 saturated heterocycles. The molecule has 0 radical (unpaired) electrons. The minimum Gasteiger partial charge on any atom is -0.355 e. The first kappa shape index (κ1) is 23.3. The number of halogens is 1. The van der Waals surface area contributed by atoms with Crippen molar-refractivity contribution in [2.75, 3.05) is 13.1 Å². The van der Waals surface area contributed by atoms with E-state index in [9.17, 15) is 18.8 Å². The summed E-state index contributed by atoms with van der Waals surface area (Å²) in [5, 5.41) is 6.19. The van der Waals surface area contributed by atoms with Crippen LogP contribution in [0, 0.1) is 11.7 Å². The Morgan fingerprint density at radius 3 is 2.46 bits per heavy atom. The van der Waals surface area contributed by atoms with Gasteiger partial charge in [0.2, 0.25) is 11.8 Å². The van der Waals surface area contributed by atoms with Crippen LogP contribution in [0.1, 0.15) is 22.0 Å². The molecule has 7 nitrogen and oxygen atoms in total. The summed E-state index contributed by atoms with van der Waals surface area (Å²) in [7, 11) is 0. The van der Waals surface area contributed by atoms with Crippen molar-refractivity contribution in [3.8, 4) is 0 Å². The summed E-state index contributed by atoms with van der Waals surface area (Å²) < 4.78 is 13.1. The molecule has 2 aliphatic heterocycles. The lowest BCUT2D eigenvalue weighted by atomic mass is 9.95. The molecule has 9 heteroatoms. The summed E-state index contributed by atoms with van der Waals surface area (Å²) in [6.45, 7) is 0.450. The van der Waals surface area contributed by atoms with Crippen LogP contribution in [0.3, 0.4) is 0 Å². The van der Waals surface area contributed by atoms with Crippen molar-refractivity contribution < 1.29 is 23.6 Å². The Bertz CT molecular complexity index is 1200. The molecule has 3 atom stereocenters. The molecule has 1 aromatic heterocycles. The van der Waals surface area contributed by atoms with Crippen molar-refractivity contribution in [2.24, 2.45) is 5.92 Å². The molecule has 2 aromatic carbocycles. The van der Waals surface area contributed by atoms with Crippen LogP contribution in [-0.4, -0.2) is 46.9 Å². The number of nitrogens with zero attached hydrogens (tertiary/aromatic N) is 2. The average Bonchev–Trinajstić information content (AvgIpc) is 3.56. The van der Waals surface area contributed by atoms with Crippen LogP contribution in [0.4, 0.5) is 4.39 Å². The Hall–Kier alpha value is -3.40. The van der Waals surface area contributed by atoms with Crippen molar-refractivity contribution in [2.45, 2.75) is 25.1 Å². The Morgan fingerprint density at radius 1 is 0.971 bits per heavy atom. The largest absolute Gasteiger partial charge is 0.355 e. The fraction of sp³-hybridized carbons (Fsp3) is 0.269. The summed E-state index contributed by atoms with van der Waals surface area (Å²) in [5.74, 6) is -1.97. The lowest BCUT2D eigenvalue weighted by molar-refractivity contribution is -0.182. The number of amides is 3. The highest BCUT2D eigenvalue weighted by Crippen LogP contribution is 2.45. The molecular weight excluding hydrogens is 469 g/mol. The van der Waals surface area contributed by atoms with Gasteiger partial charge in [-0.05, 0) is 41.1 Å². The maximum Gasteiger partial charge on any atom is 0.261 e. The van der Waals surface area contributed by atoms with Crippen molar-refractivity contribution in [1.82, 2.24) is 15.3 Å². The topological polar surface area (TPSA) is 79.0 Å². The molecule has 35 heavy (non-hydrogen) atoms. The number of hydrogen-bond donors (Lipinski definition) is 1. The summed E-state index contributed by atoms with van der Waals surface area (Å²) in [6.07, 6.45) is -0.400. The minimum absolute atomic E-state index is 0.113. The number of rotatable bonds is 8. The highest BCUT2D eigenvalue weighted by molar-refractivity contribution is 7.10. The van der Waals surface area contributed by atoms with Gasteiger partial charge >= 0.3 is 0 Å². The van der Waals surface area contributed by atoms with E-state index in [-0.39, 0.29) is 36.6 Å². The Labute approximate surface area is 206 Å². The quantitative estimate of drug-likeness (QED) is 0.488. The molecule has 2 fully saturated rings. The number of hydrogen-bond acceptors (Lipinski definition) is 6. The van der Waals surface area contributed by atoms with Crippen LogP contribution in [0.2, 0.25) is 0 Å². The summed E-state index contributed by atoms with van der Waals surface area (Å²) in [5.41, 5.74) is 1.77. The smallest absolute Gasteiger partial charge is 0.261 e. The fourth-order valence-corrected chi connectivity index (χ4v) is 5.43. The number of likely N-dealkylation sites (tertiary alicyclic amines) is 1. The maximum atomic E-state index is 13.4. The predicted molar refractivity (Wildman–Crippen MR) is 127 cm³/mol. The number of nitrogens with one attached hydrogen (secondary N) is 1. The maximum absolute atomic E-state index is 13.4. The van der Waals surface area contributed by atoms with Crippen molar-refractivity contribution >= 4 is 29.1 Å². The van der Waals surface area contributed by atoms with Gasteiger partial charge in [0, 0.05) is 11.4 Å².